The molecule has 0 aliphatic rings. The fraction of sp³-hybridized carbons (Fsp3) is 0.400. The van der Waals surface area contributed by atoms with Gasteiger partial charge in [0.05, 0.1) is 0 Å². The van der Waals surface area contributed by atoms with E-state index in [0.29, 0.717) is 29.7 Å². The Hall–Kier alpha value is -0.960. The summed E-state index contributed by atoms with van der Waals surface area (Å²) >= 11 is 0. The molecular weight excluding hydrogens is 172 g/mol. The molecule has 13 heavy (non-hydrogen) atoms. The maximum atomic E-state index is 13.4. The van der Waals surface area contributed by atoms with Crippen molar-refractivity contribution in [3.63, 3.8) is 0 Å². The van der Waals surface area contributed by atoms with Gasteiger partial charge in [0.2, 0.25) is 0 Å². The van der Waals surface area contributed by atoms with E-state index in [4.69, 9.17) is 5.73 Å². The molecule has 0 saturated carbocycles. The van der Waals surface area contributed by atoms with Crippen molar-refractivity contribution < 1.29 is 8.78 Å². The van der Waals surface area contributed by atoms with E-state index >= 15 is 0 Å². The van der Waals surface area contributed by atoms with E-state index in [1.807, 2.05) is 0 Å². The summed E-state index contributed by atoms with van der Waals surface area (Å²) < 4.78 is 26.5. The van der Waals surface area contributed by atoms with Crippen LogP contribution < -0.4 is 5.73 Å². The monoisotopic (exact) mass is 185 g/mol. The Morgan fingerprint density at radius 3 is 2.46 bits per heavy atom. The third-order valence-corrected chi connectivity index (χ3v) is 2.16. The van der Waals surface area contributed by atoms with Gasteiger partial charge >= 0.3 is 0 Å². The second-order valence-corrected chi connectivity index (χ2v) is 3.13. The number of aryl methyl sites for hydroxylation is 1. The first kappa shape index (κ1) is 10.1. The van der Waals surface area contributed by atoms with Gasteiger partial charge in [-0.1, -0.05) is 0 Å². The first-order chi connectivity index (χ1) is 6.07. The van der Waals surface area contributed by atoms with E-state index in [2.05, 4.69) is 0 Å². The first-order valence-electron chi connectivity index (χ1n) is 4.22. The molecule has 2 N–H and O–H groups in total. The largest absolute Gasteiger partial charge is 0.330 e. The van der Waals surface area contributed by atoms with Crippen molar-refractivity contribution in [3.8, 4) is 0 Å². The summed E-state index contributed by atoms with van der Waals surface area (Å²) in [5.41, 5.74) is 6.42. The number of nitrogens with two attached hydrogens (primary N) is 1. The van der Waals surface area contributed by atoms with Crippen molar-refractivity contribution in [3.05, 3.63) is 34.4 Å². The summed E-state index contributed by atoms with van der Waals surface area (Å²) in [7, 11) is 0. The molecule has 1 rings (SSSR count). The summed E-state index contributed by atoms with van der Waals surface area (Å²) in [6, 6.07) is 1.21. The minimum absolute atomic E-state index is 0.329. The molecule has 1 aromatic carbocycles. The van der Waals surface area contributed by atoms with Gasteiger partial charge in [0.15, 0.2) is 0 Å². The fourth-order valence-corrected chi connectivity index (χ4v) is 1.35. The Balaban J connectivity index is 3.28. The van der Waals surface area contributed by atoms with Gasteiger partial charge < -0.3 is 5.73 Å². The molecule has 0 atom stereocenters. The molecule has 0 heterocycles. The molecule has 0 bridgehead atoms. The third kappa shape index (κ3) is 1.86. The van der Waals surface area contributed by atoms with Crippen LogP contribution in [0.5, 0.6) is 0 Å². The SMILES string of the molecule is Cc1cc(F)c(C)c(CCN)c1F. The second-order valence-electron chi connectivity index (χ2n) is 3.13. The lowest BCUT2D eigenvalue weighted by atomic mass is 10.0. The molecular formula is C10H13F2N. The van der Waals surface area contributed by atoms with E-state index in [1.165, 1.54) is 6.07 Å². The average molecular weight is 185 g/mol. The lowest BCUT2D eigenvalue weighted by Crippen LogP contribution is -2.08. The lowest BCUT2D eigenvalue weighted by Gasteiger charge is -2.09. The van der Waals surface area contributed by atoms with E-state index in [0.717, 1.165) is 0 Å². The van der Waals surface area contributed by atoms with Gasteiger partial charge in [0.1, 0.15) is 11.6 Å². The van der Waals surface area contributed by atoms with Gasteiger partial charge in [-0.05, 0) is 49.6 Å². The highest BCUT2D eigenvalue weighted by Crippen LogP contribution is 2.20. The molecule has 1 nitrogen and oxygen atoms in total. The lowest BCUT2D eigenvalue weighted by molar-refractivity contribution is 0.569. The third-order valence-electron chi connectivity index (χ3n) is 2.16. The highest BCUT2D eigenvalue weighted by Gasteiger charge is 2.12. The molecule has 1 aromatic rings. The Bertz CT molecular complexity index is 295. The standard InChI is InChI=1S/C10H13F2N/c1-6-5-9(11)7(2)8(3-4-13)10(6)12/h5H,3-4,13H2,1-2H3. The van der Waals surface area contributed by atoms with E-state index in [1.54, 1.807) is 13.8 Å². The Morgan fingerprint density at radius 2 is 1.92 bits per heavy atom. The predicted molar refractivity (Wildman–Crippen MR) is 48.6 cm³/mol. The Morgan fingerprint density at radius 1 is 1.31 bits per heavy atom. The van der Waals surface area contributed by atoms with Gasteiger partial charge in [0, 0.05) is 0 Å². The van der Waals surface area contributed by atoms with Crippen molar-refractivity contribution in [2.24, 2.45) is 5.73 Å². The highest BCUT2D eigenvalue weighted by atomic mass is 19.1. The van der Waals surface area contributed by atoms with Crippen molar-refractivity contribution in [1.82, 2.24) is 0 Å². The van der Waals surface area contributed by atoms with Crippen molar-refractivity contribution in [2.75, 3.05) is 6.54 Å². The van der Waals surface area contributed by atoms with Crippen LogP contribution in [-0.2, 0) is 6.42 Å². The summed E-state index contributed by atoms with van der Waals surface area (Å²) in [5, 5.41) is 0. The molecule has 3 heteroatoms. The van der Waals surface area contributed by atoms with Gasteiger partial charge in [-0.25, -0.2) is 8.78 Å². The molecule has 0 radical (unpaired) electrons. The van der Waals surface area contributed by atoms with Gasteiger partial charge in [-0.15, -0.1) is 0 Å². The van der Waals surface area contributed by atoms with Gasteiger partial charge in [-0.2, -0.15) is 0 Å². The molecule has 0 aliphatic carbocycles. The molecule has 0 aliphatic heterocycles. The Kier molecular flexibility index (Phi) is 2.98. The molecule has 0 amide bonds. The number of benzene rings is 1. The van der Waals surface area contributed by atoms with Crippen LogP contribution in [0.15, 0.2) is 6.07 Å². The zero-order valence-corrected chi connectivity index (χ0v) is 7.82. The maximum Gasteiger partial charge on any atom is 0.129 e. The smallest absolute Gasteiger partial charge is 0.129 e. The average Bonchev–Trinajstić information content (AvgIpc) is 2.09. The van der Waals surface area contributed by atoms with Crippen molar-refractivity contribution >= 4 is 0 Å². The molecule has 0 aromatic heterocycles. The zero-order valence-electron chi connectivity index (χ0n) is 7.82. The highest BCUT2D eigenvalue weighted by molar-refractivity contribution is 5.34. The minimum atomic E-state index is -0.359. The van der Waals surface area contributed by atoms with Crippen LogP contribution in [0.2, 0.25) is 0 Å². The van der Waals surface area contributed by atoms with Crippen molar-refractivity contribution in [1.29, 1.82) is 0 Å². The van der Waals surface area contributed by atoms with E-state index in [-0.39, 0.29) is 11.6 Å². The summed E-state index contributed by atoms with van der Waals surface area (Å²) in [5.74, 6) is -0.688. The van der Waals surface area contributed by atoms with E-state index in [9.17, 15) is 8.78 Å². The second kappa shape index (κ2) is 3.83. The van der Waals surface area contributed by atoms with Crippen LogP contribution in [0.1, 0.15) is 16.7 Å². The van der Waals surface area contributed by atoms with Gasteiger partial charge in [-0.3, -0.25) is 0 Å². The van der Waals surface area contributed by atoms with Crippen LogP contribution in [0.3, 0.4) is 0 Å². The number of rotatable bonds is 2. The fourth-order valence-electron chi connectivity index (χ4n) is 1.35. The summed E-state index contributed by atoms with van der Waals surface area (Å²) in [4.78, 5) is 0. The summed E-state index contributed by atoms with van der Waals surface area (Å²) in [6.07, 6.45) is 0.385. The van der Waals surface area contributed by atoms with Crippen LogP contribution in [0.25, 0.3) is 0 Å². The van der Waals surface area contributed by atoms with Crippen LogP contribution in [0.4, 0.5) is 8.78 Å². The topological polar surface area (TPSA) is 26.0 Å². The molecule has 0 unspecified atom stereocenters. The minimum Gasteiger partial charge on any atom is -0.330 e. The molecule has 0 fully saturated rings. The number of hydrogen-bond acceptors (Lipinski definition) is 1. The normalized spacial score (nSPS) is 10.5. The van der Waals surface area contributed by atoms with E-state index < -0.39 is 0 Å². The quantitative estimate of drug-likeness (QED) is 0.750. The molecule has 0 saturated heterocycles. The zero-order chi connectivity index (χ0) is 10.0. The maximum absolute atomic E-state index is 13.4. The molecule has 72 valence electrons. The van der Waals surface area contributed by atoms with Crippen LogP contribution in [0, 0.1) is 25.5 Å². The van der Waals surface area contributed by atoms with Gasteiger partial charge in [0.25, 0.3) is 0 Å². The van der Waals surface area contributed by atoms with Crippen LogP contribution >= 0.6 is 0 Å². The molecule has 0 spiro atoms. The number of halogens is 2. The first-order valence-corrected chi connectivity index (χ1v) is 4.22. The number of hydrogen-bond donors (Lipinski definition) is 1. The predicted octanol–water partition coefficient (Wildman–Crippen LogP) is 2.08. The van der Waals surface area contributed by atoms with Crippen LogP contribution in [-0.4, -0.2) is 6.54 Å². The summed E-state index contributed by atoms with van der Waals surface area (Å²) in [6.45, 7) is 3.46. The Labute approximate surface area is 76.6 Å². The van der Waals surface area contributed by atoms with Crippen molar-refractivity contribution in [2.45, 2.75) is 20.3 Å².